The number of hydrogen-bond acceptors (Lipinski definition) is 4. The maximum atomic E-state index is 11.7. The van der Waals surface area contributed by atoms with Crippen molar-refractivity contribution in [3.63, 3.8) is 0 Å². The Labute approximate surface area is 179 Å². The summed E-state index contributed by atoms with van der Waals surface area (Å²) < 4.78 is 10.5. The Morgan fingerprint density at radius 1 is 0.724 bits per heavy atom. The number of unbranched alkanes of at least 4 members (excludes halogenated alkanes) is 7. The number of amides is 2. The van der Waals surface area contributed by atoms with Crippen LogP contribution in [0, 0.1) is 0 Å². The molecule has 0 unspecified atom stereocenters. The first-order chi connectivity index (χ1) is 14.1. The molecule has 0 aromatic heterocycles. The molecule has 0 aromatic rings. The van der Waals surface area contributed by atoms with Crippen LogP contribution in [0.4, 0.5) is 0 Å². The molecule has 0 bridgehead atoms. The van der Waals surface area contributed by atoms with E-state index in [-0.39, 0.29) is 17.9 Å². The van der Waals surface area contributed by atoms with Crippen LogP contribution in [0.2, 0.25) is 0 Å². The van der Waals surface area contributed by atoms with Gasteiger partial charge in [0, 0.05) is 32.0 Å². The van der Waals surface area contributed by atoms with Crippen LogP contribution in [0.25, 0.3) is 0 Å². The van der Waals surface area contributed by atoms with Crippen LogP contribution < -0.4 is 10.6 Å². The van der Waals surface area contributed by atoms with E-state index in [2.05, 4.69) is 10.6 Å². The van der Waals surface area contributed by atoms with Crippen LogP contribution in [-0.2, 0) is 19.1 Å². The molecule has 29 heavy (non-hydrogen) atoms. The van der Waals surface area contributed by atoms with Gasteiger partial charge in [0.2, 0.25) is 11.8 Å². The summed E-state index contributed by atoms with van der Waals surface area (Å²) in [7, 11) is 0. The minimum absolute atomic E-state index is 0.114. The van der Waals surface area contributed by atoms with E-state index >= 15 is 0 Å². The molecular formula is C23H48N2O4. The van der Waals surface area contributed by atoms with E-state index in [4.69, 9.17) is 9.47 Å². The minimum atomic E-state index is 0.114. The van der Waals surface area contributed by atoms with Crippen molar-refractivity contribution in [2.45, 2.75) is 105 Å². The van der Waals surface area contributed by atoms with E-state index < -0.39 is 0 Å². The predicted octanol–water partition coefficient (Wildman–Crippen LogP) is 4.61. The molecule has 0 radical (unpaired) electrons. The second-order valence-corrected chi connectivity index (χ2v) is 7.21. The van der Waals surface area contributed by atoms with Gasteiger partial charge in [0.25, 0.3) is 0 Å². The van der Waals surface area contributed by atoms with Gasteiger partial charge >= 0.3 is 0 Å². The number of ether oxygens (including phenoxy) is 2. The highest BCUT2D eigenvalue weighted by Crippen LogP contribution is 2.10. The first-order valence-corrected chi connectivity index (χ1v) is 11.8. The van der Waals surface area contributed by atoms with Gasteiger partial charge in [-0.1, -0.05) is 52.4 Å². The van der Waals surface area contributed by atoms with Gasteiger partial charge in [0.1, 0.15) is 0 Å². The highest BCUT2D eigenvalue weighted by Gasteiger charge is 2.03. The number of nitrogens with one attached hydrogen (secondary N) is 2. The summed E-state index contributed by atoms with van der Waals surface area (Å²) in [4.78, 5) is 23.2. The van der Waals surface area contributed by atoms with Crippen LogP contribution in [0.5, 0.6) is 0 Å². The van der Waals surface area contributed by atoms with Gasteiger partial charge in [0.05, 0.1) is 19.8 Å². The number of carbonyl (C=O) groups excluding carboxylic acids is 2. The highest BCUT2D eigenvalue weighted by atomic mass is 16.5. The largest absolute Gasteiger partial charge is 0.379 e. The van der Waals surface area contributed by atoms with Gasteiger partial charge in [0.15, 0.2) is 0 Å². The fraction of sp³-hybridized carbons (Fsp3) is 0.913. The van der Waals surface area contributed by atoms with Crippen molar-refractivity contribution < 1.29 is 19.1 Å². The van der Waals surface area contributed by atoms with Crippen LogP contribution in [-0.4, -0.2) is 50.8 Å². The van der Waals surface area contributed by atoms with Crippen LogP contribution in [0.1, 0.15) is 98.8 Å². The van der Waals surface area contributed by atoms with Crippen molar-refractivity contribution in [3.8, 4) is 0 Å². The molecule has 0 saturated heterocycles. The molecule has 0 heterocycles. The summed E-state index contributed by atoms with van der Waals surface area (Å²) in [5.74, 6) is 0.281. The van der Waals surface area contributed by atoms with Gasteiger partial charge in [-0.15, -0.1) is 0 Å². The summed E-state index contributed by atoms with van der Waals surface area (Å²) >= 11 is 0. The molecule has 0 spiro atoms. The Morgan fingerprint density at radius 3 is 1.72 bits per heavy atom. The first kappa shape index (κ1) is 30.1. The fourth-order valence-corrected chi connectivity index (χ4v) is 2.74. The lowest BCUT2D eigenvalue weighted by atomic mass is 10.1. The topological polar surface area (TPSA) is 76.7 Å². The molecule has 0 atom stereocenters. The maximum Gasteiger partial charge on any atom is 0.220 e. The average Bonchev–Trinajstić information content (AvgIpc) is 2.69. The SMILES string of the molecule is CC.CCOCCOCCNC(=O)CCCCCCCCCCC(=O)NC(C)C. The molecule has 0 saturated carbocycles. The second kappa shape index (κ2) is 24.9. The van der Waals surface area contributed by atoms with Crippen molar-refractivity contribution in [2.75, 3.05) is 33.0 Å². The van der Waals surface area contributed by atoms with Crippen molar-refractivity contribution >= 4 is 11.8 Å². The summed E-state index contributed by atoms with van der Waals surface area (Å²) in [6.07, 6.45) is 10.2. The average molecular weight is 417 g/mol. The van der Waals surface area contributed by atoms with E-state index in [9.17, 15) is 9.59 Å². The number of hydrogen-bond donors (Lipinski definition) is 2. The molecule has 0 fully saturated rings. The quantitative estimate of drug-likeness (QED) is 0.302. The molecule has 6 heteroatoms. The van der Waals surface area contributed by atoms with Crippen molar-refractivity contribution in [2.24, 2.45) is 0 Å². The third-order valence-corrected chi connectivity index (χ3v) is 4.15. The molecule has 2 amide bonds. The summed E-state index contributed by atoms with van der Waals surface area (Å²) in [6, 6.07) is 0.235. The lowest BCUT2D eigenvalue weighted by Crippen LogP contribution is -2.29. The molecule has 0 aromatic carbocycles. The zero-order valence-corrected chi connectivity index (χ0v) is 19.8. The monoisotopic (exact) mass is 416 g/mol. The number of rotatable bonds is 19. The van der Waals surface area contributed by atoms with Gasteiger partial charge in [-0.3, -0.25) is 9.59 Å². The molecule has 174 valence electrons. The molecule has 0 aliphatic rings. The van der Waals surface area contributed by atoms with E-state index in [1.54, 1.807) is 0 Å². The zero-order valence-electron chi connectivity index (χ0n) is 19.8. The Kier molecular flexibility index (Phi) is 25.8. The Morgan fingerprint density at radius 2 is 1.21 bits per heavy atom. The molecule has 0 aliphatic heterocycles. The van der Waals surface area contributed by atoms with E-state index in [0.717, 1.165) is 25.7 Å². The molecule has 0 rings (SSSR count). The van der Waals surface area contributed by atoms with Crippen LogP contribution >= 0.6 is 0 Å². The van der Waals surface area contributed by atoms with Crippen molar-refractivity contribution in [3.05, 3.63) is 0 Å². The van der Waals surface area contributed by atoms with Crippen LogP contribution in [0.15, 0.2) is 0 Å². The van der Waals surface area contributed by atoms with E-state index in [1.807, 2.05) is 34.6 Å². The summed E-state index contributed by atoms with van der Waals surface area (Å²) in [6.45, 7) is 12.9. The van der Waals surface area contributed by atoms with E-state index in [1.165, 1.54) is 25.7 Å². The lowest BCUT2D eigenvalue weighted by molar-refractivity contribution is -0.122. The predicted molar refractivity (Wildman–Crippen MR) is 121 cm³/mol. The molecule has 6 nitrogen and oxygen atoms in total. The maximum absolute atomic E-state index is 11.7. The third-order valence-electron chi connectivity index (χ3n) is 4.15. The molecule has 2 N–H and O–H groups in total. The van der Waals surface area contributed by atoms with Crippen molar-refractivity contribution in [1.29, 1.82) is 0 Å². The van der Waals surface area contributed by atoms with Gasteiger partial charge in [-0.25, -0.2) is 0 Å². The highest BCUT2D eigenvalue weighted by molar-refractivity contribution is 5.76. The molecular weight excluding hydrogens is 368 g/mol. The zero-order chi connectivity index (χ0) is 22.2. The van der Waals surface area contributed by atoms with Crippen LogP contribution in [0.3, 0.4) is 0 Å². The van der Waals surface area contributed by atoms with Gasteiger partial charge in [-0.2, -0.15) is 0 Å². The van der Waals surface area contributed by atoms with Gasteiger partial charge in [-0.05, 0) is 33.6 Å². The smallest absolute Gasteiger partial charge is 0.220 e. The second-order valence-electron chi connectivity index (χ2n) is 7.21. The standard InChI is InChI=1S/C21H42N2O4.C2H6/c1-4-26-17-18-27-16-15-22-20(24)13-11-9-7-5-6-8-10-12-14-21(25)23-19(2)3;1-2/h19H,4-18H2,1-3H3,(H,22,24)(H,23,25);1-2H3. The Hall–Kier alpha value is -1.14. The normalized spacial score (nSPS) is 10.4. The minimum Gasteiger partial charge on any atom is -0.379 e. The Bertz CT molecular complexity index is 363. The van der Waals surface area contributed by atoms with Crippen molar-refractivity contribution in [1.82, 2.24) is 10.6 Å². The lowest BCUT2D eigenvalue weighted by Gasteiger charge is -2.08. The van der Waals surface area contributed by atoms with E-state index in [0.29, 0.717) is 45.8 Å². The molecule has 0 aliphatic carbocycles. The van der Waals surface area contributed by atoms with Gasteiger partial charge < -0.3 is 20.1 Å². The summed E-state index contributed by atoms with van der Waals surface area (Å²) in [5, 5.41) is 5.80. The fourth-order valence-electron chi connectivity index (χ4n) is 2.74. The Balaban J connectivity index is 0. The first-order valence-electron chi connectivity index (χ1n) is 11.8. The number of carbonyl (C=O) groups is 2. The summed E-state index contributed by atoms with van der Waals surface area (Å²) in [5.41, 5.74) is 0. The third kappa shape index (κ3) is 26.9.